The van der Waals surface area contributed by atoms with Gasteiger partial charge in [0.05, 0.1) is 6.54 Å². The predicted molar refractivity (Wildman–Crippen MR) is 74.7 cm³/mol. The van der Waals surface area contributed by atoms with Gasteiger partial charge in [0, 0.05) is 17.8 Å². The Hall–Kier alpha value is -1.98. The van der Waals surface area contributed by atoms with E-state index >= 15 is 0 Å². The van der Waals surface area contributed by atoms with Gasteiger partial charge in [-0.05, 0) is 40.7 Å². The van der Waals surface area contributed by atoms with E-state index in [1.807, 2.05) is 13.8 Å². The van der Waals surface area contributed by atoms with Crippen LogP contribution in [0.1, 0.15) is 50.7 Å². The molecule has 0 spiro atoms. The summed E-state index contributed by atoms with van der Waals surface area (Å²) >= 11 is 0. The van der Waals surface area contributed by atoms with Crippen LogP contribution in [0, 0.1) is 0 Å². The van der Waals surface area contributed by atoms with Crippen molar-refractivity contribution in [3.63, 3.8) is 0 Å². The van der Waals surface area contributed by atoms with E-state index in [2.05, 4.69) is 4.98 Å². The number of carboxylic acids is 1. The van der Waals surface area contributed by atoms with Gasteiger partial charge in [-0.1, -0.05) is 0 Å². The first-order valence-corrected chi connectivity index (χ1v) is 6.51. The highest BCUT2D eigenvalue weighted by Crippen LogP contribution is 2.17. The Balaban J connectivity index is 2.90. The van der Waals surface area contributed by atoms with Crippen LogP contribution < -0.4 is 0 Å². The molecule has 0 aliphatic rings. The van der Waals surface area contributed by atoms with Gasteiger partial charge in [0.25, 0.3) is 0 Å². The first-order valence-electron chi connectivity index (χ1n) is 6.51. The highest BCUT2D eigenvalue weighted by Gasteiger charge is 2.25. The number of H-pyrrole nitrogens is 1. The standard InChI is InChI=1S/C14H22N2O4/c1-9(2)16(13(19)20-14(3,4)5)8-10-6-7-15-11(10)12(17)18/h6-7,9,15H,8H2,1-5H3,(H,17,18). The highest BCUT2D eigenvalue weighted by atomic mass is 16.6. The molecule has 2 N–H and O–H groups in total. The Morgan fingerprint density at radius 1 is 1.40 bits per heavy atom. The molecule has 1 aromatic heterocycles. The summed E-state index contributed by atoms with van der Waals surface area (Å²) < 4.78 is 5.34. The summed E-state index contributed by atoms with van der Waals surface area (Å²) in [6.07, 6.45) is 1.09. The van der Waals surface area contributed by atoms with Gasteiger partial charge in [-0.25, -0.2) is 9.59 Å². The number of amides is 1. The number of aromatic nitrogens is 1. The van der Waals surface area contributed by atoms with Gasteiger partial charge in [-0.2, -0.15) is 0 Å². The van der Waals surface area contributed by atoms with Gasteiger partial charge in [0.2, 0.25) is 0 Å². The molecule has 0 saturated heterocycles. The van der Waals surface area contributed by atoms with Crippen LogP contribution in [0.4, 0.5) is 4.79 Å². The van der Waals surface area contributed by atoms with Crippen LogP contribution in [0.2, 0.25) is 0 Å². The predicted octanol–water partition coefficient (Wildman–Crippen LogP) is 2.86. The minimum absolute atomic E-state index is 0.0959. The van der Waals surface area contributed by atoms with E-state index in [0.29, 0.717) is 5.56 Å². The molecule has 0 radical (unpaired) electrons. The first-order chi connectivity index (χ1) is 9.11. The summed E-state index contributed by atoms with van der Waals surface area (Å²) in [6, 6.07) is 1.56. The molecule has 6 nitrogen and oxygen atoms in total. The van der Waals surface area contributed by atoms with Crippen molar-refractivity contribution in [1.29, 1.82) is 0 Å². The number of aromatic carboxylic acids is 1. The van der Waals surface area contributed by atoms with Crippen molar-refractivity contribution in [2.45, 2.75) is 52.8 Å². The molecule has 1 aromatic rings. The fourth-order valence-electron chi connectivity index (χ4n) is 1.69. The number of hydrogen-bond acceptors (Lipinski definition) is 3. The minimum atomic E-state index is -1.04. The molecular formula is C14H22N2O4. The van der Waals surface area contributed by atoms with Crippen molar-refractivity contribution in [3.05, 3.63) is 23.5 Å². The third kappa shape index (κ3) is 4.29. The minimum Gasteiger partial charge on any atom is -0.477 e. The molecular weight excluding hydrogens is 260 g/mol. The van der Waals surface area contributed by atoms with Gasteiger partial charge in [-0.3, -0.25) is 0 Å². The number of nitrogens with zero attached hydrogens (tertiary/aromatic N) is 1. The molecule has 0 unspecified atom stereocenters. The summed E-state index contributed by atoms with van der Waals surface area (Å²) in [7, 11) is 0. The van der Waals surface area contributed by atoms with E-state index in [4.69, 9.17) is 9.84 Å². The third-order valence-electron chi connectivity index (χ3n) is 2.64. The number of carboxylic acid groups (broad SMARTS) is 1. The Morgan fingerprint density at radius 3 is 2.45 bits per heavy atom. The molecule has 0 aliphatic heterocycles. The zero-order valence-corrected chi connectivity index (χ0v) is 12.6. The summed E-state index contributed by atoms with van der Waals surface area (Å²) in [5.41, 5.74) is 0.0640. The van der Waals surface area contributed by atoms with Gasteiger partial charge in [-0.15, -0.1) is 0 Å². The molecule has 0 aliphatic carbocycles. The number of carbonyl (C=O) groups excluding carboxylic acids is 1. The van der Waals surface area contributed by atoms with E-state index < -0.39 is 17.7 Å². The SMILES string of the molecule is CC(C)N(Cc1cc[nH]c1C(=O)O)C(=O)OC(C)(C)C. The van der Waals surface area contributed by atoms with E-state index in [1.54, 1.807) is 33.0 Å². The van der Waals surface area contributed by atoms with Crippen LogP contribution in [0.15, 0.2) is 12.3 Å². The molecule has 0 fully saturated rings. The van der Waals surface area contributed by atoms with Crippen molar-refractivity contribution in [2.24, 2.45) is 0 Å². The molecule has 1 heterocycles. The van der Waals surface area contributed by atoms with Crippen LogP contribution in [0.5, 0.6) is 0 Å². The second-order valence-corrected chi connectivity index (χ2v) is 5.89. The summed E-state index contributed by atoms with van der Waals surface area (Å²) in [4.78, 5) is 27.4. The lowest BCUT2D eigenvalue weighted by atomic mass is 10.2. The van der Waals surface area contributed by atoms with Crippen molar-refractivity contribution in [1.82, 2.24) is 9.88 Å². The van der Waals surface area contributed by atoms with Crippen LogP contribution in [0.25, 0.3) is 0 Å². The van der Waals surface area contributed by atoms with Crippen molar-refractivity contribution in [2.75, 3.05) is 0 Å². The van der Waals surface area contributed by atoms with Gasteiger partial charge in [0.15, 0.2) is 0 Å². The summed E-state index contributed by atoms with van der Waals surface area (Å²) in [5, 5.41) is 9.07. The monoisotopic (exact) mass is 282 g/mol. The van der Waals surface area contributed by atoms with E-state index in [-0.39, 0.29) is 18.3 Å². The number of hydrogen-bond donors (Lipinski definition) is 2. The molecule has 0 aromatic carbocycles. The maximum absolute atomic E-state index is 12.2. The molecule has 112 valence electrons. The molecule has 0 saturated carbocycles. The molecule has 20 heavy (non-hydrogen) atoms. The smallest absolute Gasteiger partial charge is 0.410 e. The Bertz CT molecular complexity index is 486. The van der Waals surface area contributed by atoms with Crippen molar-refractivity contribution >= 4 is 12.1 Å². The number of ether oxygens (including phenoxy) is 1. The third-order valence-corrected chi connectivity index (χ3v) is 2.64. The Morgan fingerprint density at radius 2 is 2.00 bits per heavy atom. The van der Waals surface area contributed by atoms with E-state index in [0.717, 1.165) is 0 Å². The highest BCUT2D eigenvalue weighted by molar-refractivity contribution is 5.87. The molecule has 0 bridgehead atoms. The van der Waals surface area contributed by atoms with E-state index in [1.165, 1.54) is 4.90 Å². The number of carbonyl (C=O) groups is 2. The average Bonchev–Trinajstić information content (AvgIpc) is 2.70. The molecule has 1 amide bonds. The number of rotatable bonds is 4. The second kappa shape index (κ2) is 5.98. The first kappa shape index (κ1) is 16.1. The van der Waals surface area contributed by atoms with Gasteiger partial charge in [0.1, 0.15) is 11.3 Å². The molecule has 1 rings (SSSR count). The second-order valence-electron chi connectivity index (χ2n) is 5.89. The van der Waals surface area contributed by atoms with Crippen LogP contribution >= 0.6 is 0 Å². The summed E-state index contributed by atoms with van der Waals surface area (Å²) in [6.45, 7) is 9.29. The topological polar surface area (TPSA) is 82.6 Å². The zero-order valence-electron chi connectivity index (χ0n) is 12.6. The fourth-order valence-corrected chi connectivity index (χ4v) is 1.69. The van der Waals surface area contributed by atoms with Crippen molar-refractivity contribution in [3.8, 4) is 0 Å². The maximum Gasteiger partial charge on any atom is 0.410 e. The largest absolute Gasteiger partial charge is 0.477 e. The van der Waals surface area contributed by atoms with Crippen molar-refractivity contribution < 1.29 is 19.4 Å². The fraction of sp³-hybridized carbons (Fsp3) is 0.571. The number of nitrogens with one attached hydrogen (secondary N) is 1. The van der Waals surface area contributed by atoms with E-state index in [9.17, 15) is 9.59 Å². The van der Waals surface area contributed by atoms with Gasteiger partial charge < -0.3 is 19.7 Å². The Labute approximate surface area is 118 Å². The zero-order chi connectivity index (χ0) is 15.5. The summed E-state index contributed by atoms with van der Waals surface area (Å²) in [5.74, 6) is -1.04. The maximum atomic E-state index is 12.2. The Kier molecular flexibility index (Phi) is 4.81. The normalized spacial score (nSPS) is 11.5. The molecule has 6 heteroatoms. The lowest BCUT2D eigenvalue weighted by Crippen LogP contribution is -2.40. The van der Waals surface area contributed by atoms with Crippen LogP contribution in [0.3, 0.4) is 0 Å². The lowest BCUT2D eigenvalue weighted by Gasteiger charge is -2.30. The van der Waals surface area contributed by atoms with Crippen LogP contribution in [-0.4, -0.2) is 38.7 Å². The van der Waals surface area contributed by atoms with Gasteiger partial charge >= 0.3 is 12.1 Å². The quantitative estimate of drug-likeness (QED) is 0.889. The molecule has 0 atom stereocenters. The number of aromatic amines is 1. The van der Waals surface area contributed by atoms with Crippen LogP contribution in [-0.2, 0) is 11.3 Å². The lowest BCUT2D eigenvalue weighted by molar-refractivity contribution is 0.0170. The average molecular weight is 282 g/mol.